The molecule has 0 aliphatic rings. The number of aliphatic hydroxyl groups is 1. The molecule has 1 amide bonds. The molecule has 0 fully saturated rings. The van der Waals surface area contributed by atoms with Crippen LogP contribution in [0.15, 0.2) is 12.2 Å². The first-order valence-electron chi connectivity index (χ1n) is 4.23. The second-order valence-corrected chi connectivity index (χ2v) is 2.88. The van der Waals surface area contributed by atoms with Crippen LogP contribution in [-0.4, -0.2) is 36.2 Å². The fourth-order valence-electron chi connectivity index (χ4n) is 0.588. The quantitative estimate of drug-likeness (QED) is 0.360. The highest BCUT2D eigenvalue weighted by atomic mass is 16.5. The van der Waals surface area contributed by atoms with Crippen LogP contribution in [0.2, 0.25) is 0 Å². The highest BCUT2D eigenvalue weighted by molar-refractivity contribution is 5.92. The molecule has 0 bridgehead atoms. The molecule has 0 spiro atoms. The molecule has 0 aromatic rings. The van der Waals surface area contributed by atoms with Crippen LogP contribution in [-0.2, 0) is 14.3 Å². The minimum absolute atomic E-state index is 0.0444. The maximum atomic E-state index is 10.9. The van der Waals surface area contributed by atoms with Crippen molar-refractivity contribution in [3.05, 3.63) is 12.2 Å². The van der Waals surface area contributed by atoms with Crippen LogP contribution in [0.25, 0.3) is 0 Å². The SMILES string of the molecule is C=C(C)C(=O)NCCOC(=O)C(C)O. The Morgan fingerprint density at radius 2 is 2.14 bits per heavy atom. The first kappa shape index (κ1) is 12.6. The fraction of sp³-hybridized carbons (Fsp3) is 0.556. The molecule has 0 rings (SSSR count). The van der Waals surface area contributed by atoms with E-state index in [1.807, 2.05) is 0 Å². The summed E-state index contributed by atoms with van der Waals surface area (Å²) in [5.74, 6) is -0.979. The van der Waals surface area contributed by atoms with Gasteiger partial charge in [0, 0.05) is 5.57 Å². The van der Waals surface area contributed by atoms with Crippen LogP contribution in [0.4, 0.5) is 0 Å². The lowest BCUT2D eigenvalue weighted by Crippen LogP contribution is -2.30. The number of ether oxygens (including phenoxy) is 1. The van der Waals surface area contributed by atoms with Crippen LogP contribution < -0.4 is 5.32 Å². The summed E-state index contributed by atoms with van der Waals surface area (Å²) in [5, 5.41) is 11.2. The highest BCUT2D eigenvalue weighted by Crippen LogP contribution is 1.87. The molecule has 0 aliphatic carbocycles. The Bertz CT molecular complexity index is 235. The molecule has 0 saturated heterocycles. The van der Waals surface area contributed by atoms with Crippen molar-refractivity contribution >= 4 is 11.9 Å². The zero-order valence-electron chi connectivity index (χ0n) is 8.37. The summed E-state index contributed by atoms with van der Waals surface area (Å²) in [6, 6.07) is 0. The third-order valence-electron chi connectivity index (χ3n) is 1.36. The predicted molar refractivity (Wildman–Crippen MR) is 50.5 cm³/mol. The predicted octanol–water partition coefficient (Wildman–Crippen LogP) is -0.397. The van der Waals surface area contributed by atoms with Gasteiger partial charge in [-0.1, -0.05) is 6.58 Å². The minimum atomic E-state index is -1.13. The van der Waals surface area contributed by atoms with Gasteiger partial charge in [0.1, 0.15) is 12.7 Å². The normalized spacial score (nSPS) is 11.6. The maximum absolute atomic E-state index is 10.9. The maximum Gasteiger partial charge on any atom is 0.334 e. The molecule has 1 atom stereocenters. The summed E-state index contributed by atoms with van der Waals surface area (Å²) in [6.07, 6.45) is -1.13. The van der Waals surface area contributed by atoms with E-state index in [9.17, 15) is 9.59 Å². The van der Waals surface area contributed by atoms with E-state index in [1.165, 1.54) is 6.92 Å². The zero-order chi connectivity index (χ0) is 11.1. The summed E-state index contributed by atoms with van der Waals surface area (Å²) in [4.78, 5) is 21.6. The number of hydrogen-bond acceptors (Lipinski definition) is 4. The van der Waals surface area contributed by atoms with Crippen LogP contribution >= 0.6 is 0 Å². The summed E-state index contributed by atoms with van der Waals surface area (Å²) >= 11 is 0. The van der Waals surface area contributed by atoms with Gasteiger partial charge in [-0.3, -0.25) is 4.79 Å². The number of rotatable bonds is 5. The highest BCUT2D eigenvalue weighted by Gasteiger charge is 2.09. The van der Waals surface area contributed by atoms with Gasteiger partial charge in [-0.05, 0) is 13.8 Å². The molecule has 0 aromatic heterocycles. The molecule has 14 heavy (non-hydrogen) atoms. The van der Waals surface area contributed by atoms with Crippen molar-refractivity contribution in [1.29, 1.82) is 0 Å². The van der Waals surface area contributed by atoms with Gasteiger partial charge in [-0.15, -0.1) is 0 Å². The lowest BCUT2D eigenvalue weighted by Gasteiger charge is -2.07. The van der Waals surface area contributed by atoms with E-state index in [0.717, 1.165) is 0 Å². The third-order valence-corrected chi connectivity index (χ3v) is 1.36. The number of carbonyl (C=O) groups excluding carboxylic acids is 2. The van der Waals surface area contributed by atoms with Gasteiger partial charge in [-0.25, -0.2) is 4.79 Å². The molecule has 1 unspecified atom stereocenters. The van der Waals surface area contributed by atoms with Gasteiger partial charge in [0.15, 0.2) is 0 Å². The van der Waals surface area contributed by atoms with Crippen LogP contribution in [0.3, 0.4) is 0 Å². The first-order chi connectivity index (χ1) is 6.45. The topological polar surface area (TPSA) is 75.6 Å². The summed E-state index contributed by atoms with van der Waals surface area (Å²) in [5.41, 5.74) is 0.395. The monoisotopic (exact) mass is 201 g/mol. The lowest BCUT2D eigenvalue weighted by atomic mass is 10.3. The van der Waals surface area contributed by atoms with Gasteiger partial charge < -0.3 is 15.2 Å². The molecule has 5 nitrogen and oxygen atoms in total. The zero-order valence-corrected chi connectivity index (χ0v) is 8.37. The largest absolute Gasteiger partial charge is 0.462 e. The standard InChI is InChI=1S/C9H15NO4/c1-6(2)8(12)10-4-5-14-9(13)7(3)11/h7,11H,1,4-5H2,2-3H3,(H,10,12). The minimum Gasteiger partial charge on any atom is -0.462 e. The van der Waals surface area contributed by atoms with Gasteiger partial charge >= 0.3 is 5.97 Å². The fourth-order valence-corrected chi connectivity index (χ4v) is 0.588. The molecule has 80 valence electrons. The smallest absolute Gasteiger partial charge is 0.334 e. The van der Waals surface area contributed by atoms with E-state index in [1.54, 1.807) is 6.92 Å². The van der Waals surface area contributed by atoms with Crippen molar-refractivity contribution in [2.24, 2.45) is 0 Å². The van der Waals surface area contributed by atoms with Crippen LogP contribution in [0.1, 0.15) is 13.8 Å². The average Bonchev–Trinajstić information content (AvgIpc) is 2.11. The second-order valence-electron chi connectivity index (χ2n) is 2.88. The lowest BCUT2D eigenvalue weighted by molar-refractivity contribution is -0.152. The molecule has 0 aliphatic heterocycles. The Morgan fingerprint density at radius 1 is 1.57 bits per heavy atom. The van der Waals surface area contributed by atoms with E-state index >= 15 is 0 Å². The Labute approximate surface area is 82.7 Å². The number of amides is 1. The van der Waals surface area contributed by atoms with E-state index in [-0.39, 0.29) is 19.1 Å². The summed E-state index contributed by atoms with van der Waals surface area (Å²) in [7, 11) is 0. The van der Waals surface area contributed by atoms with Crippen molar-refractivity contribution in [1.82, 2.24) is 5.32 Å². The molecular formula is C9H15NO4. The van der Waals surface area contributed by atoms with Crippen molar-refractivity contribution in [3.8, 4) is 0 Å². The van der Waals surface area contributed by atoms with Crippen molar-refractivity contribution in [2.45, 2.75) is 20.0 Å². The van der Waals surface area contributed by atoms with Crippen LogP contribution in [0.5, 0.6) is 0 Å². The van der Waals surface area contributed by atoms with Gasteiger partial charge in [-0.2, -0.15) is 0 Å². The van der Waals surface area contributed by atoms with Crippen molar-refractivity contribution in [3.63, 3.8) is 0 Å². The van der Waals surface area contributed by atoms with E-state index in [2.05, 4.69) is 16.6 Å². The summed E-state index contributed by atoms with van der Waals surface area (Å²) < 4.78 is 4.60. The molecule has 0 aromatic carbocycles. The molecule has 5 heteroatoms. The number of aliphatic hydroxyl groups excluding tert-OH is 1. The van der Waals surface area contributed by atoms with Gasteiger partial charge in [0.2, 0.25) is 5.91 Å². The van der Waals surface area contributed by atoms with Crippen molar-refractivity contribution < 1.29 is 19.4 Å². The Balaban J connectivity index is 3.52. The van der Waals surface area contributed by atoms with Gasteiger partial charge in [0.05, 0.1) is 6.54 Å². The molecule has 0 radical (unpaired) electrons. The van der Waals surface area contributed by atoms with Crippen molar-refractivity contribution in [2.75, 3.05) is 13.2 Å². The van der Waals surface area contributed by atoms with E-state index in [4.69, 9.17) is 5.11 Å². The van der Waals surface area contributed by atoms with Gasteiger partial charge in [0.25, 0.3) is 0 Å². The Hall–Kier alpha value is -1.36. The number of hydrogen-bond donors (Lipinski definition) is 2. The molecule has 0 saturated carbocycles. The molecule has 2 N–H and O–H groups in total. The number of nitrogens with one attached hydrogen (secondary N) is 1. The first-order valence-corrected chi connectivity index (χ1v) is 4.23. The number of esters is 1. The second kappa shape index (κ2) is 6.15. The van der Waals surface area contributed by atoms with Crippen LogP contribution in [0, 0.1) is 0 Å². The molecular weight excluding hydrogens is 186 g/mol. The third kappa shape index (κ3) is 5.31. The average molecular weight is 201 g/mol. The number of carbonyl (C=O) groups is 2. The summed E-state index contributed by atoms with van der Waals surface area (Å²) in [6.45, 7) is 6.59. The van der Waals surface area contributed by atoms with E-state index in [0.29, 0.717) is 5.57 Å². The Morgan fingerprint density at radius 3 is 2.57 bits per heavy atom. The molecule has 0 heterocycles. The Kier molecular flexibility index (Phi) is 5.55. The van der Waals surface area contributed by atoms with E-state index < -0.39 is 12.1 Å².